The van der Waals surface area contributed by atoms with Crippen LogP contribution in [0.15, 0.2) is 113 Å². The monoisotopic (exact) mass is 630 g/mol. The van der Waals surface area contributed by atoms with Crippen molar-refractivity contribution in [3.63, 3.8) is 0 Å². The number of halogens is 1. The quantitative estimate of drug-likeness (QED) is 0.187. The molecule has 1 amide bonds. The maximum Gasteiger partial charge on any atom is 0.351 e. The summed E-state index contributed by atoms with van der Waals surface area (Å²) in [5.41, 5.74) is 2.22. The first-order valence-electron chi connectivity index (χ1n) is 14.1. The van der Waals surface area contributed by atoms with E-state index in [1.54, 1.807) is 59.2 Å². The molecule has 0 saturated carbocycles. The molecule has 0 aliphatic carbocycles. The molecule has 11 heteroatoms. The Hall–Kier alpha value is -4.67. The molecule has 5 aromatic rings. The number of para-hydroxylation sites is 1. The molecule has 0 aliphatic rings. The Morgan fingerprint density at radius 1 is 0.886 bits per heavy atom. The van der Waals surface area contributed by atoms with Crippen LogP contribution in [0, 0.1) is 0 Å². The number of ether oxygens (including phenoxy) is 1. The van der Waals surface area contributed by atoms with Gasteiger partial charge < -0.3 is 4.74 Å². The molecule has 44 heavy (non-hydrogen) atoms. The number of hydrogen-bond acceptors (Lipinski definition) is 6. The second-order valence-electron chi connectivity index (χ2n) is 10.1. The summed E-state index contributed by atoms with van der Waals surface area (Å²) in [4.78, 5) is 25.9. The van der Waals surface area contributed by atoms with Gasteiger partial charge in [-0.05, 0) is 66.1 Å². The fourth-order valence-electron chi connectivity index (χ4n) is 4.53. The fourth-order valence-corrected chi connectivity index (χ4v) is 5.74. The van der Waals surface area contributed by atoms with Gasteiger partial charge in [-0.25, -0.2) is 17.9 Å². The summed E-state index contributed by atoms with van der Waals surface area (Å²) in [6.45, 7) is 2.69. The molecule has 0 spiro atoms. The molecule has 226 valence electrons. The highest BCUT2D eigenvalue weighted by molar-refractivity contribution is 7.90. The van der Waals surface area contributed by atoms with Crippen LogP contribution in [0.2, 0.25) is 5.02 Å². The van der Waals surface area contributed by atoms with E-state index in [9.17, 15) is 18.0 Å². The van der Waals surface area contributed by atoms with Crippen molar-refractivity contribution in [3.8, 4) is 11.4 Å². The van der Waals surface area contributed by atoms with Gasteiger partial charge in [-0.3, -0.25) is 9.36 Å². The number of carbonyl (C=O) groups is 1. The first-order valence-corrected chi connectivity index (χ1v) is 16.0. The molecule has 1 N–H and O–H groups in total. The largest absolute Gasteiger partial charge is 0.489 e. The number of unbranched alkanes of at least 4 members (excludes halogenated alkanes) is 1. The van der Waals surface area contributed by atoms with Crippen molar-refractivity contribution in [1.82, 2.24) is 19.1 Å². The van der Waals surface area contributed by atoms with E-state index in [4.69, 9.17) is 16.3 Å². The van der Waals surface area contributed by atoms with Crippen LogP contribution in [0.4, 0.5) is 0 Å². The Morgan fingerprint density at radius 2 is 1.55 bits per heavy atom. The molecular formula is C33H31ClN4O5S. The molecule has 1 aromatic heterocycles. The summed E-state index contributed by atoms with van der Waals surface area (Å²) in [6.07, 6.45) is 2.56. The van der Waals surface area contributed by atoms with E-state index >= 15 is 0 Å². The zero-order valence-corrected chi connectivity index (χ0v) is 25.6. The van der Waals surface area contributed by atoms with Gasteiger partial charge in [-0.1, -0.05) is 79.5 Å². The van der Waals surface area contributed by atoms with Gasteiger partial charge in [-0.2, -0.15) is 4.68 Å². The zero-order chi connectivity index (χ0) is 31.1. The van der Waals surface area contributed by atoms with Crippen LogP contribution in [0.3, 0.4) is 0 Å². The third-order valence-corrected chi connectivity index (χ3v) is 8.61. The Kier molecular flexibility index (Phi) is 9.62. The van der Waals surface area contributed by atoms with Gasteiger partial charge >= 0.3 is 5.69 Å². The normalized spacial score (nSPS) is 11.3. The average molecular weight is 631 g/mol. The second kappa shape index (κ2) is 13.7. The van der Waals surface area contributed by atoms with Gasteiger partial charge in [0.05, 0.1) is 22.2 Å². The van der Waals surface area contributed by atoms with Crippen molar-refractivity contribution >= 4 is 27.5 Å². The highest BCUT2D eigenvalue weighted by Gasteiger charge is 2.19. The van der Waals surface area contributed by atoms with Crippen LogP contribution < -0.4 is 15.1 Å². The van der Waals surface area contributed by atoms with Crippen molar-refractivity contribution in [2.45, 2.75) is 44.2 Å². The Labute approximate surface area is 260 Å². The molecule has 0 unspecified atom stereocenters. The van der Waals surface area contributed by atoms with E-state index in [1.165, 1.54) is 16.8 Å². The SMILES string of the molecule is CCCCc1nn(-c2ccccc2Cl)c(=O)n1Cc1ccc(OCc2ccc(C(=O)NS(=O)(=O)c3ccccc3)cc2)cc1. The van der Waals surface area contributed by atoms with Crippen molar-refractivity contribution in [3.05, 3.63) is 141 Å². The number of nitrogens with one attached hydrogen (secondary N) is 1. The summed E-state index contributed by atoms with van der Waals surface area (Å²) >= 11 is 6.35. The highest BCUT2D eigenvalue weighted by Crippen LogP contribution is 2.20. The van der Waals surface area contributed by atoms with E-state index in [1.807, 2.05) is 36.4 Å². The zero-order valence-electron chi connectivity index (χ0n) is 24.0. The summed E-state index contributed by atoms with van der Waals surface area (Å²) < 4.78 is 35.9. The number of amides is 1. The number of sulfonamides is 1. The summed E-state index contributed by atoms with van der Waals surface area (Å²) in [5, 5.41) is 5.06. The molecule has 0 atom stereocenters. The molecule has 5 rings (SSSR count). The molecule has 4 aromatic carbocycles. The Balaban J connectivity index is 1.22. The topological polar surface area (TPSA) is 112 Å². The highest BCUT2D eigenvalue weighted by atomic mass is 35.5. The van der Waals surface area contributed by atoms with E-state index < -0.39 is 15.9 Å². The molecule has 9 nitrogen and oxygen atoms in total. The third-order valence-electron chi connectivity index (χ3n) is 6.94. The number of rotatable bonds is 12. The van der Waals surface area contributed by atoms with Gasteiger partial charge in [-0.15, -0.1) is 5.10 Å². The summed E-state index contributed by atoms with van der Waals surface area (Å²) in [7, 11) is -3.96. The van der Waals surface area contributed by atoms with Gasteiger partial charge in [0, 0.05) is 12.0 Å². The lowest BCUT2D eigenvalue weighted by molar-refractivity contribution is 0.0981. The maximum atomic E-state index is 13.4. The third kappa shape index (κ3) is 7.27. The minimum atomic E-state index is -3.96. The lowest BCUT2D eigenvalue weighted by atomic mass is 10.1. The molecular weight excluding hydrogens is 600 g/mol. The van der Waals surface area contributed by atoms with E-state index in [0.717, 1.165) is 24.0 Å². The number of carbonyl (C=O) groups excluding carboxylic acids is 1. The van der Waals surface area contributed by atoms with Crippen molar-refractivity contribution < 1.29 is 17.9 Å². The standard InChI is InChI=1S/C33H31ClN4O5S/c1-2-3-13-31-35-38(30-12-8-7-11-29(30)34)33(40)37(31)22-24-16-20-27(21-17-24)43-23-25-14-18-26(19-15-25)32(39)36-44(41,42)28-9-5-4-6-10-28/h4-12,14-21H,2-3,13,22-23H2,1H3,(H,36,39). The van der Waals surface area contributed by atoms with Crippen molar-refractivity contribution in [2.75, 3.05) is 0 Å². The first-order chi connectivity index (χ1) is 21.2. The van der Waals surface area contributed by atoms with E-state index in [2.05, 4.69) is 16.7 Å². The minimum absolute atomic E-state index is 0.0144. The number of aromatic nitrogens is 3. The molecule has 0 fully saturated rings. The van der Waals surface area contributed by atoms with Crippen LogP contribution >= 0.6 is 11.6 Å². The van der Waals surface area contributed by atoms with E-state index in [-0.39, 0.29) is 22.8 Å². The Bertz CT molecular complexity index is 1900. The van der Waals surface area contributed by atoms with Crippen molar-refractivity contribution in [2.24, 2.45) is 0 Å². The van der Waals surface area contributed by atoms with Crippen LogP contribution in [0.25, 0.3) is 5.69 Å². The average Bonchev–Trinajstić information content (AvgIpc) is 3.34. The van der Waals surface area contributed by atoms with Gasteiger partial charge in [0.2, 0.25) is 0 Å². The second-order valence-corrected chi connectivity index (χ2v) is 12.2. The number of hydrogen-bond donors (Lipinski definition) is 1. The van der Waals surface area contributed by atoms with Gasteiger partial charge in [0.1, 0.15) is 18.2 Å². The van der Waals surface area contributed by atoms with Gasteiger partial charge in [0.25, 0.3) is 15.9 Å². The van der Waals surface area contributed by atoms with Crippen LogP contribution in [-0.4, -0.2) is 28.7 Å². The summed E-state index contributed by atoms with van der Waals surface area (Å²) in [6, 6.07) is 28.8. The molecule has 0 bridgehead atoms. The molecule has 1 heterocycles. The number of nitrogens with zero attached hydrogens (tertiary/aromatic N) is 3. The minimum Gasteiger partial charge on any atom is -0.489 e. The Morgan fingerprint density at radius 3 is 2.23 bits per heavy atom. The number of aryl methyl sites for hydroxylation is 1. The number of benzene rings is 4. The first kappa shape index (κ1) is 30.8. The summed E-state index contributed by atoms with van der Waals surface area (Å²) in [5.74, 6) is 0.619. The van der Waals surface area contributed by atoms with Crippen LogP contribution in [0.5, 0.6) is 5.75 Å². The predicted molar refractivity (Wildman–Crippen MR) is 169 cm³/mol. The predicted octanol–water partition coefficient (Wildman–Crippen LogP) is 5.78. The van der Waals surface area contributed by atoms with E-state index in [0.29, 0.717) is 35.2 Å². The smallest absolute Gasteiger partial charge is 0.351 e. The maximum absolute atomic E-state index is 13.4. The van der Waals surface area contributed by atoms with Gasteiger partial charge in [0.15, 0.2) is 0 Å². The van der Waals surface area contributed by atoms with Crippen LogP contribution in [-0.2, 0) is 29.6 Å². The molecule has 0 saturated heterocycles. The lowest BCUT2D eigenvalue weighted by Crippen LogP contribution is -2.30. The molecule has 0 radical (unpaired) electrons. The van der Waals surface area contributed by atoms with Crippen molar-refractivity contribution in [1.29, 1.82) is 0 Å². The fraction of sp³-hybridized carbons (Fsp3) is 0.182. The molecule has 0 aliphatic heterocycles. The van der Waals surface area contributed by atoms with Crippen LogP contribution in [0.1, 0.15) is 47.1 Å². The lowest BCUT2D eigenvalue weighted by Gasteiger charge is -2.10.